The second-order valence-corrected chi connectivity index (χ2v) is 8.23. The maximum atomic E-state index is 13.0. The molecular formula is C18H24FN3O4S. The third kappa shape index (κ3) is 6.41. The summed E-state index contributed by atoms with van der Waals surface area (Å²) in [6, 6.07) is 5.10. The van der Waals surface area contributed by atoms with Gasteiger partial charge in [-0.2, -0.15) is 4.31 Å². The summed E-state index contributed by atoms with van der Waals surface area (Å²) >= 11 is 0. The van der Waals surface area contributed by atoms with E-state index in [9.17, 15) is 17.6 Å². The molecule has 1 unspecified atom stereocenters. The first-order chi connectivity index (χ1) is 12.8. The predicted octanol–water partition coefficient (Wildman–Crippen LogP) is 1.72. The van der Waals surface area contributed by atoms with Crippen LogP contribution < -0.4 is 10.2 Å². The molecule has 1 amide bonds. The first kappa shape index (κ1) is 21.0. The average Bonchev–Trinajstić information content (AvgIpc) is 2.62. The number of sulfonamides is 1. The van der Waals surface area contributed by atoms with Crippen molar-refractivity contribution >= 4 is 21.8 Å². The average molecular weight is 397 g/mol. The Kier molecular flexibility index (Phi) is 7.45. The highest BCUT2D eigenvalue weighted by molar-refractivity contribution is 7.89. The molecule has 1 aliphatic rings. The minimum atomic E-state index is -3.66. The van der Waals surface area contributed by atoms with Crippen molar-refractivity contribution in [1.82, 2.24) is 9.62 Å². The van der Waals surface area contributed by atoms with Gasteiger partial charge in [-0.3, -0.25) is 0 Å². The normalized spacial score (nSPS) is 16.3. The van der Waals surface area contributed by atoms with Gasteiger partial charge >= 0.3 is 6.09 Å². The van der Waals surface area contributed by atoms with Gasteiger partial charge in [-0.25, -0.2) is 17.6 Å². The van der Waals surface area contributed by atoms with Crippen LogP contribution in [0.4, 0.5) is 14.9 Å². The number of carbonyl (C=O) groups is 1. The molecule has 1 fully saturated rings. The Morgan fingerprint density at radius 1 is 1.26 bits per heavy atom. The van der Waals surface area contributed by atoms with Gasteiger partial charge in [0.2, 0.25) is 10.0 Å². The van der Waals surface area contributed by atoms with E-state index < -0.39 is 27.9 Å². The van der Waals surface area contributed by atoms with Crippen molar-refractivity contribution in [1.29, 1.82) is 0 Å². The van der Waals surface area contributed by atoms with Crippen molar-refractivity contribution in [2.24, 2.45) is 0 Å². The molecular weight excluding hydrogens is 373 g/mol. The van der Waals surface area contributed by atoms with Gasteiger partial charge in [-0.1, -0.05) is 12.8 Å². The van der Waals surface area contributed by atoms with Crippen LogP contribution >= 0.6 is 0 Å². The van der Waals surface area contributed by atoms with Crippen molar-refractivity contribution in [3.8, 4) is 11.8 Å². The Balaban J connectivity index is 1.99. The van der Waals surface area contributed by atoms with E-state index in [0.29, 0.717) is 19.5 Å². The highest BCUT2D eigenvalue weighted by Crippen LogP contribution is 2.18. The van der Waals surface area contributed by atoms with Crippen LogP contribution in [0, 0.1) is 17.7 Å². The summed E-state index contributed by atoms with van der Waals surface area (Å²) in [4.78, 5) is 12.9. The molecule has 2 N–H and O–H groups in total. The van der Waals surface area contributed by atoms with Crippen LogP contribution in [-0.4, -0.2) is 61.9 Å². The summed E-state index contributed by atoms with van der Waals surface area (Å²) in [5.41, 5.74) is 0.837. The Bertz CT molecular complexity index is 794. The number of hydrogen-bond donors (Lipinski definition) is 2. The number of unbranched alkanes of at least 4 members (excludes halogenated alkanes) is 1. The van der Waals surface area contributed by atoms with Gasteiger partial charge in [0.15, 0.2) is 0 Å². The minimum Gasteiger partial charge on any atom is -0.465 e. The SMILES string of the molecule is CCCC#CC(CS(=O)(=O)N1CCN(c2ccc(F)cc2)CC1)NC(=O)O. The Hall–Kier alpha value is -2.31. The van der Waals surface area contributed by atoms with E-state index in [4.69, 9.17) is 5.11 Å². The standard InChI is InChI=1S/C18H24FN3O4S/c1-2-3-4-5-16(20-18(23)24)14-27(25,26)22-12-10-21(11-13-22)17-8-6-15(19)7-9-17/h6-9,16,20H,2-3,10-14H2,1H3,(H,23,24). The fourth-order valence-electron chi connectivity index (χ4n) is 2.78. The fourth-order valence-corrected chi connectivity index (χ4v) is 4.30. The van der Waals surface area contributed by atoms with Gasteiger partial charge < -0.3 is 15.3 Å². The quantitative estimate of drug-likeness (QED) is 0.714. The van der Waals surface area contributed by atoms with Crippen LogP contribution in [0.1, 0.15) is 19.8 Å². The molecule has 1 aromatic rings. The lowest BCUT2D eigenvalue weighted by atomic mass is 10.2. The predicted molar refractivity (Wildman–Crippen MR) is 102 cm³/mol. The number of halogens is 1. The van der Waals surface area contributed by atoms with E-state index in [2.05, 4.69) is 17.2 Å². The highest BCUT2D eigenvalue weighted by Gasteiger charge is 2.29. The van der Waals surface area contributed by atoms with Crippen molar-refractivity contribution in [3.05, 3.63) is 30.1 Å². The first-order valence-electron chi connectivity index (χ1n) is 8.78. The van der Waals surface area contributed by atoms with E-state index >= 15 is 0 Å². The number of amides is 1. The van der Waals surface area contributed by atoms with Gasteiger partial charge in [0.25, 0.3) is 0 Å². The lowest BCUT2D eigenvalue weighted by Gasteiger charge is -2.35. The van der Waals surface area contributed by atoms with Crippen LogP contribution in [0.3, 0.4) is 0 Å². The second-order valence-electron chi connectivity index (χ2n) is 6.21. The number of benzene rings is 1. The first-order valence-corrected chi connectivity index (χ1v) is 10.4. The molecule has 1 heterocycles. The van der Waals surface area contributed by atoms with Crippen molar-refractivity contribution in [2.75, 3.05) is 36.8 Å². The summed E-state index contributed by atoms with van der Waals surface area (Å²) in [5.74, 6) is 4.78. The van der Waals surface area contributed by atoms with Gasteiger partial charge in [0.1, 0.15) is 11.9 Å². The number of piperazine rings is 1. The van der Waals surface area contributed by atoms with E-state index in [1.807, 2.05) is 11.8 Å². The van der Waals surface area contributed by atoms with Crippen LogP contribution in [0.2, 0.25) is 0 Å². The molecule has 0 aliphatic carbocycles. The lowest BCUT2D eigenvalue weighted by Crippen LogP contribution is -2.51. The lowest BCUT2D eigenvalue weighted by molar-refractivity contribution is 0.193. The maximum absolute atomic E-state index is 13.0. The minimum absolute atomic E-state index is 0.280. The largest absolute Gasteiger partial charge is 0.465 e. The zero-order valence-corrected chi connectivity index (χ0v) is 16.0. The Morgan fingerprint density at radius 3 is 2.44 bits per heavy atom. The van der Waals surface area contributed by atoms with E-state index in [0.717, 1.165) is 12.1 Å². The molecule has 0 spiro atoms. The zero-order valence-electron chi connectivity index (χ0n) is 15.2. The van der Waals surface area contributed by atoms with Gasteiger partial charge in [0.05, 0.1) is 5.75 Å². The summed E-state index contributed by atoms with van der Waals surface area (Å²) in [5, 5.41) is 11.1. The van der Waals surface area contributed by atoms with E-state index in [1.54, 1.807) is 12.1 Å². The van der Waals surface area contributed by atoms with Crippen molar-refractivity contribution < 1.29 is 22.7 Å². The van der Waals surface area contributed by atoms with Gasteiger partial charge in [0, 0.05) is 38.3 Å². The zero-order chi connectivity index (χ0) is 19.9. The van der Waals surface area contributed by atoms with Crippen LogP contribution in [-0.2, 0) is 10.0 Å². The molecule has 27 heavy (non-hydrogen) atoms. The van der Waals surface area contributed by atoms with Crippen LogP contribution in [0.25, 0.3) is 0 Å². The van der Waals surface area contributed by atoms with E-state index in [-0.39, 0.29) is 18.9 Å². The molecule has 1 aliphatic heterocycles. The topological polar surface area (TPSA) is 90.0 Å². The third-order valence-corrected chi connectivity index (χ3v) is 6.06. The fraction of sp³-hybridized carbons (Fsp3) is 0.500. The summed E-state index contributed by atoms with van der Waals surface area (Å²) in [6.45, 7) is 3.45. The molecule has 1 aromatic carbocycles. The molecule has 2 rings (SSSR count). The number of carboxylic acid groups (broad SMARTS) is 1. The smallest absolute Gasteiger partial charge is 0.405 e. The van der Waals surface area contributed by atoms with Gasteiger partial charge in [-0.15, -0.1) is 5.92 Å². The molecule has 148 valence electrons. The Morgan fingerprint density at radius 2 is 1.89 bits per heavy atom. The summed E-state index contributed by atoms with van der Waals surface area (Å²) in [7, 11) is -3.66. The maximum Gasteiger partial charge on any atom is 0.405 e. The molecule has 9 heteroatoms. The molecule has 1 atom stereocenters. The van der Waals surface area contributed by atoms with Crippen LogP contribution in [0.15, 0.2) is 24.3 Å². The molecule has 0 bridgehead atoms. The number of hydrogen-bond acceptors (Lipinski definition) is 4. The highest BCUT2D eigenvalue weighted by atomic mass is 32.2. The molecule has 0 radical (unpaired) electrons. The second kappa shape index (κ2) is 9.58. The molecule has 1 saturated heterocycles. The monoisotopic (exact) mass is 397 g/mol. The van der Waals surface area contributed by atoms with Crippen molar-refractivity contribution in [3.63, 3.8) is 0 Å². The molecule has 7 nitrogen and oxygen atoms in total. The van der Waals surface area contributed by atoms with Crippen molar-refractivity contribution in [2.45, 2.75) is 25.8 Å². The molecule has 0 aromatic heterocycles. The van der Waals surface area contributed by atoms with E-state index in [1.165, 1.54) is 16.4 Å². The number of nitrogens with zero attached hydrogens (tertiary/aromatic N) is 2. The number of nitrogens with one attached hydrogen (secondary N) is 1. The van der Waals surface area contributed by atoms with Crippen LogP contribution in [0.5, 0.6) is 0 Å². The Labute approximate surface area is 159 Å². The summed E-state index contributed by atoms with van der Waals surface area (Å²) in [6.07, 6.45) is 0.0844. The molecule has 0 saturated carbocycles. The van der Waals surface area contributed by atoms with Gasteiger partial charge in [-0.05, 0) is 30.7 Å². The summed E-state index contributed by atoms with van der Waals surface area (Å²) < 4.78 is 39.7. The third-order valence-electron chi connectivity index (χ3n) is 4.15. The number of rotatable bonds is 6. The number of anilines is 1.